The largest absolute Gasteiger partial charge is 0.480 e. The molecule has 1 atom stereocenters. The van der Waals surface area contributed by atoms with E-state index in [1.165, 1.54) is 14.0 Å². The van der Waals surface area contributed by atoms with Crippen molar-refractivity contribution in [1.29, 1.82) is 0 Å². The monoisotopic (exact) mass is 341 g/mol. The molecule has 0 bridgehead atoms. The normalized spacial score (nSPS) is 13.9. The Morgan fingerprint density at radius 2 is 2.12 bits per heavy atom. The van der Waals surface area contributed by atoms with Gasteiger partial charge in [0, 0.05) is 16.4 Å². The zero-order valence-electron chi connectivity index (χ0n) is 9.47. The van der Waals surface area contributed by atoms with E-state index in [2.05, 4.69) is 15.9 Å². The first kappa shape index (κ1) is 14.6. The predicted molar refractivity (Wildman–Crippen MR) is 68.8 cm³/mol. The van der Waals surface area contributed by atoms with Crippen molar-refractivity contribution in [2.45, 2.75) is 24.1 Å². The number of rotatable bonds is 4. The summed E-state index contributed by atoms with van der Waals surface area (Å²) in [5.74, 6) is -1.18. The highest BCUT2D eigenvalue weighted by Crippen LogP contribution is 2.33. The number of likely N-dealkylation sites (N-methyl/N-ethyl adjacent to an activating group) is 1. The third kappa shape index (κ3) is 2.87. The van der Waals surface area contributed by atoms with Gasteiger partial charge in [-0.25, -0.2) is 8.42 Å². The van der Waals surface area contributed by atoms with Crippen LogP contribution in [0.3, 0.4) is 0 Å². The van der Waals surface area contributed by atoms with E-state index in [1.54, 1.807) is 13.0 Å². The van der Waals surface area contributed by atoms with Crippen LogP contribution < -0.4 is 0 Å². The van der Waals surface area contributed by atoms with Crippen molar-refractivity contribution in [2.75, 3.05) is 7.05 Å². The maximum absolute atomic E-state index is 12.2. The summed E-state index contributed by atoms with van der Waals surface area (Å²) in [5.41, 5.74) is 0. The number of nitrogens with zero attached hydrogens (tertiary/aromatic N) is 1. The highest BCUT2D eigenvalue weighted by atomic mass is 79.9. The summed E-state index contributed by atoms with van der Waals surface area (Å²) in [6.07, 6.45) is 0. The Hall–Kier alpha value is -0.440. The standard InChI is InChI=1S/C9H12BrNO4S2/c1-5-4-7(10)9(16-5)17(14,15)11(3)6(2)8(12)13/h4,6H,1-3H3,(H,12,13). The highest BCUT2D eigenvalue weighted by molar-refractivity contribution is 9.10. The van der Waals surface area contributed by atoms with E-state index in [9.17, 15) is 13.2 Å². The minimum absolute atomic E-state index is 0.130. The van der Waals surface area contributed by atoms with E-state index in [0.29, 0.717) is 4.47 Å². The molecule has 17 heavy (non-hydrogen) atoms. The van der Waals surface area contributed by atoms with Crippen LogP contribution in [0.5, 0.6) is 0 Å². The van der Waals surface area contributed by atoms with Crippen molar-refractivity contribution in [2.24, 2.45) is 0 Å². The molecule has 0 aliphatic rings. The number of sulfonamides is 1. The lowest BCUT2D eigenvalue weighted by molar-refractivity contribution is -0.140. The van der Waals surface area contributed by atoms with Crippen molar-refractivity contribution in [3.05, 3.63) is 15.4 Å². The van der Waals surface area contributed by atoms with Gasteiger partial charge in [0.2, 0.25) is 0 Å². The van der Waals surface area contributed by atoms with Crippen molar-refractivity contribution in [3.63, 3.8) is 0 Å². The van der Waals surface area contributed by atoms with Gasteiger partial charge >= 0.3 is 5.97 Å². The Bertz CT molecular complexity index is 537. The minimum Gasteiger partial charge on any atom is -0.480 e. The molecule has 1 heterocycles. The van der Waals surface area contributed by atoms with Gasteiger partial charge in [-0.1, -0.05) is 0 Å². The molecule has 1 unspecified atom stereocenters. The van der Waals surface area contributed by atoms with Crippen molar-refractivity contribution < 1.29 is 18.3 Å². The van der Waals surface area contributed by atoms with Gasteiger partial charge in [0.25, 0.3) is 10.0 Å². The molecule has 0 aliphatic carbocycles. The summed E-state index contributed by atoms with van der Waals surface area (Å²) in [7, 11) is -2.51. The van der Waals surface area contributed by atoms with E-state index in [-0.39, 0.29) is 4.21 Å². The summed E-state index contributed by atoms with van der Waals surface area (Å²) in [6, 6.07) is 0.589. The molecular weight excluding hydrogens is 330 g/mol. The van der Waals surface area contributed by atoms with Crippen LogP contribution in [0, 0.1) is 6.92 Å². The zero-order chi connectivity index (χ0) is 13.4. The fourth-order valence-electron chi connectivity index (χ4n) is 1.13. The maximum atomic E-state index is 12.2. The zero-order valence-corrected chi connectivity index (χ0v) is 12.7. The fourth-order valence-corrected chi connectivity index (χ4v) is 5.35. The summed E-state index contributed by atoms with van der Waals surface area (Å²) in [5, 5.41) is 8.82. The van der Waals surface area contributed by atoms with Crippen molar-refractivity contribution in [1.82, 2.24) is 4.31 Å². The highest BCUT2D eigenvalue weighted by Gasteiger charge is 2.32. The van der Waals surface area contributed by atoms with Gasteiger partial charge in [0.15, 0.2) is 0 Å². The van der Waals surface area contributed by atoms with Crippen LogP contribution in [0.1, 0.15) is 11.8 Å². The lowest BCUT2D eigenvalue weighted by Gasteiger charge is -2.20. The SMILES string of the molecule is Cc1cc(Br)c(S(=O)(=O)N(C)C(C)C(=O)O)s1. The van der Waals surface area contributed by atoms with Crippen LogP contribution in [-0.2, 0) is 14.8 Å². The molecular formula is C9H12BrNO4S2. The summed E-state index contributed by atoms with van der Waals surface area (Å²) in [4.78, 5) is 11.6. The van der Waals surface area contributed by atoms with Crippen LogP contribution >= 0.6 is 27.3 Å². The van der Waals surface area contributed by atoms with Gasteiger partial charge in [0.1, 0.15) is 10.3 Å². The molecule has 0 aromatic carbocycles. The quantitative estimate of drug-likeness (QED) is 0.907. The number of carboxylic acids is 1. The lowest BCUT2D eigenvalue weighted by Crippen LogP contribution is -2.39. The Morgan fingerprint density at radius 3 is 2.47 bits per heavy atom. The van der Waals surface area contributed by atoms with Gasteiger partial charge in [-0.3, -0.25) is 4.79 Å². The number of aliphatic carboxylic acids is 1. The average Bonchev–Trinajstić information content (AvgIpc) is 2.56. The van der Waals surface area contributed by atoms with Crippen LogP contribution in [0.4, 0.5) is 0 Å². The van der Waals surface area contributed by atoms with Crippen LogP contribution in [0.2, 0.25) is 0 Å². The lowest BCUT2D eigenvalue weighted by atomic mass is 10.4. The van der Waals surface area contributed by atoms with E-state index in [1.807, 2.05) is 0 Å². The Morgan fingerprint density at radius 1 is 1.59 bits per heavy atom. The second-order valence-electron chi connectivity index (χ2n) is 3.53. The van der Waals surface area contributed by atoms with Crippen LogP contribution in [0.15, 0.2) is 14.7 Å². The molecule has 0 aliphatic heterocycles. The summed E-state index contributed by atoms with van der Waals surface area (Å²) >= 11 is 4.27. The van der Waals surface area contributed by atoms with E-state index < -0.39 is 22.0 Å². The molecule has 1 aromatic rings. The topological polar surface area (TPSA) is 74.7 Å². The van der Waals surface area contributed by atoms with Crippen molar-refractivity contribution in [3.8, 4) is 0 Å². The number of thiophene rings is 1. The molecule has 0 amide bonds. The molecule has 0 saturated carbocycles. The molecule has 0 fully saturated rings. The Kier molecular flexibility index (Phi) is 4.34. The van der Waals surface area contributed by atoms with Gasteiger partial charge in [-0.2, -0.15) is 4.31 Å². The number of carbonyl (C=O) groups is 1. The van der Waals surface area contributed by atoms with Crippen molar-refractivity contribution >= 4 is 43.3 Å². The van der Waals surface area contributed by atoms with Crippen LogP contribution in [0.25, 0.3) is 0 Å². The second-order valence-corrected chi connectivity index (χ2v) is 7.83. The van der Waals surface area contributed by atoms with E-state index in [4.69, 9.17) is 5.11 Å². The van der Waals surface area contributed by atoms with Crippen LogP contribution in [-0.4, -0.2) is 36.9 Å². The van der Waals surface area contributed by atoms with E-state index >= 15 is 0 Å². The molecule has 0 saturated heterocycles. The van der Waals surface area contributed by atoms with Gasteiger partial charge in [0.05, 0.1) is 0 Å². The molecule has 5 nitrogen and oxygen atoms in total. The number of hydrogen-bond donors (Lipinski definition) is 1. The summed E-state index contributed by atoms with van der Waals surface area (Å²) in [6.45, 7) is 3.11. The number of hydrogen-bond acceptors (Lipinski definition) is 4. The third-order valence-electron chi connectivity index (χ3n) is 2.29. The fraction of sp³-hybridized carbons (Fsp3) is 0.444. The van der Waals surface area contributed by atoms with Gasteiger partial charge in [-0.15, -0.1) is 11.3 Å². The molecule has 0 spiro atoms. The average molecular weight is 342 g/mol. The number of aryl methyl sites for hydroxylation is 1. The molecule has 8 heteroatoms. The van der Waals surface area contributed by atoms with E-state index in [0.717, 1.165) is 20.5 Å². The molecule has 1 aromatic heterocycles. The third-order valence-corrected chi connectivity index (χ3v) is 6.94. The summed E-state index contributed by atoms with van der Waals surface area (Å²) < 4.78 is 25.8. The maximum Gasteiger partial charge on any atom is 0.321 e. The first-order chi connectivity index (χ1) is 7.67. The number of halogens is 1. The molecule has 1 rings (SSSR count). The first-order valence-electron chi connectivity index (χ1n) is 4.64. The molecule has 96 valence electrons. The van der Waals surface area contributed by atoms with Gasteiger partial charge in [-0.05, 0) is 35.8 Å². The number of carboxylic acid groups (broad SMARTS) is 1. The smallest absolute Gasteiger partial charge is 0.321 e. The Labute approximate surface area is 112 Å². The predicted octanol–water partition coefficient (Wildman–Crippen LogP) is 1.91. The first-order valence-corrected chi connectivity index (χ1v) is 7.69. The molecule has 0 radical (unpaired) electrons. The second kappa shape index (κ2) is 5.05. The molecule has 1 N–H and O–H groups in total. The Balaban J connectivity index is 3.20. The minimum atomic E-state index is -3.77. The van der Waals surface area contributed by atoms with Gasteiger partial charge < -0.3 is 5.11 Å².